The van der Waals surface area contributed by atoms with Gasteiger partial charge in [-0.2, -0.15) is 0 Å². The first-order valence-corrected chi connectivity index (χ1v) is 17.2. The fourth-order valence-electron chi connectivity index (χ4n) is 6.80. The minimum absolute atomic E-state index is 0.486. The van der Waals surface area contributed by atoms with Crippen molar-refractivity contribution in [2.75, 3.05) is 0 Å². The van der Waals surface area contributed by atoms with Crippen LogP contribution in [0.25, 0.3) is 54.5 Å². The van der Waals surface area contributed by atoms with Gasteiger partial charge in [-0.25, -0.2) is 9.37 Å². The fraction of sp³-hybridized carbons (Fsp3) is 0.0476. The van der Waals surface area contributed by atoms with Crippen molar-refractivity contribution >= 4 is 72.4 Å². The second-order valence-corrected chi connectivity index (χ2v) is 15.0. The molecule has 0 N–H and O–H groups in total. The van der Waals surface area contributed by atoms with Crippen molar-refractivity contribution in [3.8, 4) is 11.1 Å². The highest BCUT2D eigenvalue weighted by molar-refractivity contribution is 7.93. The molecule has 216 valence electrons. The van der Waals surface area contributed by atoms with E-state index in [-0.39, 0.29) is 0 Å². The van der Waals surface area contributed by atoms with Crippen LogP contribution in [0.5, 0.6) is 0 Å². The summed E-state index contributed by atoms with van der Waals surface area (Å²) in [7, 11) is 0. The summed E-state index contributed by atoms with van der Waals surface area (Å²) < 4.78 is 13.6. The lowest BCUT2D eigenvalue weighted by Gasteiger charge is -2.27. The molecule has 0 radical (unpaired) electrons. The number of rotatable bonds is 5. The number of aromatic nitrogens is 1. The summed E-state index contributed by atoms with van der Waals surface area (Å²) in [6, 6.07) is 51.5. The van der Waals surface area contributed by atoms with Gasteiger partial charge in [0.2, 0.25) is 0 Å². The molecule has 0 aliphatic carbocycles. The summed E-state index contributed by atoms with van der Waals surface area (Å²) in [5.74, 6) is 0. The minimum atomic E-state index is -2.19. The van der Waals surface area contributed by atoms with E-state index in [9.17, 15) is 4.39 Å². The molecule has 45 heavy (non-hydrogen) atoms. The molecule has 7 aromatic carbocycles. The lowest BCUT2D eigenvalue weighted by Crippen LogP contribution is -2.25. The van der Waals surface area contributed by atoms with E-state index in [1.165, 1.54) is 26.9 Å². The van der Waals surface area contributed by atoms with E-state index in [1.807, 2.05) is 18.2 Å². The van der Waals surface area contributed by atoms with E-state index >= 15 is 0 Å². The number of halogens is 1. The zero-order valence-corrected chi connectivity index (χ0v) is 25.9. The van der Waals surface area contributed by atoms with Gasteiger partial charge in [-0.15, -0.1) is 0 Å². The molecule has 1 aromatic heterocycles. The van der Waals surface area contributed by atoms with Crippen molar-refractivity contribution in [3.05, 3.63) is 157 Å². The number of benzene rings is 7. The Hall–Kier alpha value is -5.04. The molecule has 8 aromatic rings. The first-order valence-electron chi connectivity index (χ1n) is 15.2. The SMILES string of the molecule is C=P(c1ccccc1)(c1ccccc1)c1cccc(-c2c3ccc4cc(C)ccc4c3nc3c2ccc2cc(CF)ccc23)c1. The van der Waals surface area contributed by atoms with Crippen LogP contribution in [0.2, 0.25) is 0 Å². The number of aryl methyl sites for hydroxylation is 1. The fourth-order valence-corrected chi connectivity index (χ4v) is 9.76. The number of hydrogen-bond acceptors (Lipinski definition) is 1. The predicted molar refractivity (Wildman–Crippen MR) is 195 cm³/mol. The molecular formula is C42H31FNP. The normalized spacial score (nSPS) is 12.0. The van der Waals surface area contributed by atoms with Gasteiger partial charge in [0, 0.05) is 27.1 Å². The van der Waals surface area contributed by atoms with Crippen LogP contribution < -0.4 is 15.9 Å². The summed E-state index contributed by atoms with van der Waals surface area (Å²) in [6.45, 7) is -0.552. The summed E-state index contributed by atoms with van der Waals surface area (Å²) in [5.41, 5.74) is 6.09. The first-order chi connectivity index (χ1) is 22.0. The van der Waals surface area contributed by atoms with Gasteiger partial charge in [-0.3, -0.25) is 0 Å². The molecule has 3 heteroatoms. The van der Waals surface area contributed by atoms with Gasteiger partial charge in [0.25, 0.3) is 0 Å². The van der Waals surface area contributed by atoms with Gasteiger partial charge >= 0.3 is 0 Å². The zero-order chi connectivity index (χ0) is 30.5. The lowest BCUT2D eigenvalue weighted by atomic mass is 9.92. The molecule has 0 bridgehead atoms. The molecule has 0 amide bonds. The lowest BCUT2D eigenvalue weighted by molar-refractivity contribution is 0.485. The largest absolute Gasteiger partial charge is 0.246 e. The molecule has 0 saturated carbocycles. The topological polar surface area (TPSA) is 12.9 Å². The van der Waals surface area contributed by atoms with Crippen molar-refractivity contribution in [1.29, 1.82) is 0 Å². The Labute approximate surface area is 262 Å². The molecule has 0 fully saturated rings. The third-order valence-electron chi connectivity index (χ3n) is 9.09. The number of pyridine rings is 1. The number of alkyl halides is 1. The molecule has 0 aliphatic rings. The maximum absolute atomic E-state index is 13.6. The number of nitrogens with zero attached hydrogens (tertiary/aromatic N) is 1. The summed E-state index contributed by atoms with van der Waals surface area (Å²) in [5, 5.41) is 10.2. The molecule has 1 heterocycles. The van der Waals surface area contributed by atoms with E-state index in [2.05, 4.69) is 134 Å². The van der Waals surface area contributed by atoms with Crippen LogP contribution in [0.1, 0.15) is 11.1 Å². The average molecular weight is 600 g/mol. The van der Waals surface area contributed by atoms with Crippen LogP contribution in [-0.2, 0) is 6.67 Å². The maximum atomic E-state index is 13.6. The standard InChI is InChI=1S/C42H31FNP/c1-28-16-20-36-30(24-28)18-22-38-40(39-23-19-31-25-29(27-43)17-21-37(31)42(39)44-41(36)38)32-10-9-15-35(26-32)45(2,33-11-5-3-6-12-33)34-13-7-4-8-14-34/h3-26H,2,27H2,1H3. The second-order valence-electron chi connectivity index (χ2n) is 11.9. The van der Waals surface area contributed by atoms with E-state index in [4.69, 9.17) is 11.3 Å². The molecule has 0 spiro atoms. The van der Waals surface area contributed by atoms with Crippen LogP contribution in [0.15, 0.2) is 146 Å². The van der Waals surface area contributed by atoms with E-state index in [0.29, 0.717) is 5.56 Å². The van der Waals surface area contributed by atoms with Gasteiger partial charge in [0.05, 0.1) is 11.0 Å². The van der Waals surface area contributed by atoms with Crippen LogP contribution >= 0.6 is 6.89 Å². The van der Waals surface area contributed by atoms with Gasteiger partial charge in [-0.05, 0) is 63.8 Å². The van der Waals surface area contributed by atoms with E-state index < -0.39 is 13.6 Å². The monoisotopic (exact) mass is 599 g/mol. The Morgan fingerprint density at radius 1 is 0.556 bits per heavy atom. The van der Waals surface area contributed by atoms with Crippen molar-refractivity contribution in [2.24, 2.45) is 0 Å². The number of hydrogen-bond donors (Lipinski definition) is 0. The second kappa shape index (κ2) is 10.8. The van der Waals surface area contributed by atoms with E-state index in [0.717, 1.165) is 49.1 Å². The molecule has 0 saturated heterocycles. The van der Waals surface area contributed by atoms with Crippen molar-refractivity contribution in [3.63, 3.8) is 0 Å². The molecular weight excluding hydrogens is 568 g/mol. The Balaban J connectivity index is 1.47. The van der Waals surface area contributed by atoms with Crippen LogP contribution in [0.3, 0.4) is 0 Å². The highest BCUT2D eigenvalue weighted by atomic mass is 31.2. The van der Waals surface area contributed by atoms with E-state index in [1.54, 1.807) is 0 Å². The third-order valence-corrected chi connectivity index (χ3v) is 12.6. The van der Waals surface area contributed by atoms with Gasteiger partial charge < -0.3 is 0 Å². The predicted octanol–water partition coefficient (Wildman–Crippen LogP) is 9.87. The summed E-state index contributed by atoms with van der Waals surface area (Å²) in [4.78, 5) is 5.37. The van der Waals surface area contributed by atoms with Crippen molar-refractivity contribution < 1.29 is 4.39 Å². The van der Waals surface area contributed by atoms with Crippen LogP contribution in [0, 0.1) is 6.92 Å². The molecule has 0 atom stereocenters. The quantitative estimate of drug-likeness (QED) is 0.109. The average Bonchev–Trinajstić information content (AvgIpc) is 3.10. The Bertz CT molecular complexity index is 2410. The molecule has 0 unspecified atom stereocenters. The summed E-state index contributed by atoms with van der Waals surface area (Å²) in [6.07, 6.45) is 5.01. The number of fused-ring (bicyclic) bond motifs is 6. The smallest absolute Gasteiger partial charge is 0.115 e. The van der Waals surface area contributed by atoms with Crippen molar-refractivity contribution in [1.82, 2.24) is 4.98 Å². The highest BCUT2D eigenvalue weighted by Gasteiger charge is 2.23. The first kappa shape index (κ1) is 27.5. The van der Waals surface area contributed by atoms with Gasteiger partial charge in [0.1, 0.15) is 6.67 Å². The Morgan fingerprint density at radius 3 is 1.73 bits per heavy atom. The van der Waals surface area contributed by atoms with Crippen LogP contribution in [0.4, 0.5) is 4.39 Å². The molecule has 8 rings (SSSR count). The Kier molecular flexibility index (Phi) is 6.63. The van der Waals surface area contributed by atoms with Gasteiger partial charge in [-0.1, -0.05) is 145 Å². The highest BCUT2D eigenvalue weighted by Crippen LogP contribution is 2.44. The molecule has 0 aliphatic heterocycles. The summed E-state index contributed by atoms with van der Waals surface area (Å²) >= 11 is 0. The third kappa shape index (κ3) is 4.48. The zero-order valence-electron chi connectivity index (χ0n) is 25.0. The van der Waals surface area contributed by atoms with Crippen LogP contribution in [-0.4, -0.2) is 11.3 Å². The Morgan fingerprint density at radius 2 is 1.11 bits per heavy atom. The van der Waals surface area contributed by atoms with Crippen molar-refractivity contribution in [2.45, 2.75) is 13.6 Å². The maximum Gasteiger partial charge on any atom is 0.115 e. The minimum Gasteiger partial charge on any atom is -0.246 e. The molecule has 1 nitrogen and oxygen atoms in total. The van der Waals surface area contributed by atoms with Gasteiger partial charge in [0.15, 0.2) is 0 Å².